The summed E-state index contributed by atoms with van der Waals surface area (Å²) >= 11 is 0. The predicted molar refractivity (Wildman–Crippen MR) is 59.0 cm³/mol. The van der Waals surface area contributed by atoms with Crippen LogP contribution < -0.4 is 0 Å². The van der Waals surface area contributed by atoms with Crippen molar-refractivity contribution in [3.8, 4) is 0 Å². The van der Waals surface area contributed by atoms with Gasteiger partial charge in [-0.3, -0.25) is 4.79 Å². The molecule has 14 heavy (non-hydrogen) atoms. The molecule has 2 heteroatoms. The Kier molecular flexibility index (Phi) is 5.05. The lowest BCUT2D eigenvalue weighted by atomic mass is 10.2. The minimum Gasteiger partial charge on any atom is -0.332 e. The number of hydrogen-bond acceptors (Lipinski definition) is 1. The van der Waals surface area contributed by atoms with Gasteiger partial charge in [0.15, 0.2) is 0 Å². The normalized spacial score (nSPS) is 16.1. The van der Waals surface area contributed by atoms with Gasteiger partial charge in [-0.2, -0.15) is 0 Å². The van der Waals surface area contributed by atoms with Crippen LogP contribution in [-0.4, -0.2) is 23.9 Å². The van der Waals surface area contributed by atoms with Gasteiger partial charge in [-0.25, -0.2) is 0 Å². The quantitative estimate of drug-likeness (QED) is 0.469. The average Bonchev–Trinajstić information content (AvgIpc) is 2.58. The van der Waals surface area contributed by atoms with Crippen LogP contribution in [0.5, 0.6) is 0 Å². The maximum Gasteiger partial charge on any atom is 0.246 e. The first-order chi connectivity index (χ1) is 6.84. The van der Waals surface area contributed by atoms with Gasteiger partial charge in [0.1, 0.15) is 0 Å². The van der Waals surface area contributed by atoms with Crippen molar-refractivity contribution < 1.29 is 4.79 Å². The van der Waals surface area contributed by atoms with Crippen LogP contribution in [0, 0.1) is 0 Å². The van der Waals surface area contributed by atoms with Crippen LogP contribution in [0.4, 0.5) is 0 Å². The molecule has 1 heterocycles. The standard InChI is InChI=1S/C12H19NO/c1-2-3-4-5-6-7-10-13-11-8-9-12(13)14/h6-9H,2-5,10-11H2,1H3. The third-order valence-electron chi connectivity index (χ3n) is 2.36. The molecule has 0 saturated heterocycles. The molecule has 0 spiro atoms. The molecule has 0 aliphatic carbocycles. The number of amides is 1. The molecule has 0 aromatic carbocycles. The molecule has 0 aromatic rings. The average molecular weight is 193 g/mol. The van der Waals surface area contributed by atoms with Crippen molar-refractivity contribution in [3.63, 3.8) is 0 Å². The molecule has 0 unspecified atom stereocenters. The van der Waals surface area contributed by atoms with E-state index in [0.29, 0.717) is 0 Å². The Labute approximate surface area is 86.3 Å². The zero-order valence-electron chi connectivity index (χ0n) is 8.91. The van der Waals surface area contributed by atoms with Crippen LogP contribution >= 0.6 is 0 Å². The molecule has 0 aromatic heterocycles. The van der Waals surface area contributed by atoms with Gasteiger partial charge in [0.05, 0.1) is 0 Å². The Hall–Kier alpha value is -1.05. The second-order valence-corrected chi connectivity index (χ2v) is 3.61. The summed E-state index contributed by atoms with van der Waals surface area (Å²) in [4.78, 5) is 13.0. The summed E-state index contributed by atoms with van der Waals surface area (Å²) in [6.45, 7) is 3.74. The number of hydrogen-bond donors (Lipinski definition) is 0. The van der Waals surface area contributed by atoms with E-state index in [2.05, 4.69) is 19.1 Å². The van der Waals surface area contributed by atoms with E-state index in [1.54, 1.807) is 6.08 Å². The number of allylic oxidation sites excluding steroid dienone is 1. The van der Waals surface area contributed by atoms with Crippen molar-refractivity contribution in [2.45, 2.75) is 32.6 Å². The van der Waals surface area contributed by atoms with E-state index in [1.165, 1.54) is 19.3 Å². The van der Waals surface area contributed by atoms with E-state index in [1.807, 2.05) is 11.0 Å². The van der Waals surface area contributed by atoms with Crippen LogP contribution in [0.25, 0.3) is 0 Å². The first-order valence-electron chi connectivity index (χ1n) is 5.45. The highest BCUT2D eigenvalue weighted by atomic mass is 16.2. The fourth-order valence-corrected chi connectivity index (χ4v) is 1.47. The second kappa shape index (κ2) is 6.41. The summed E-state index contributed by atoms with van der Waals surface area (Å²) in [5.74, 6) is 0.142. The van der Waals surface area contributed by atoms with E-state index in [-0.39, 0.29) is 5.91 Å². The number of unbranched alkanes of at least 4 members (excludes halogenated alkanes) is 3. The number of nitrogens with zero attached hydrogens (tertiary/aromatic N) is 1. The van der Waals surface area contributed by atoms with Crippen LogP contribution in [0.2, 0.25) is 0 Å². The molecule has 0 atom stereocenters. The van der Waals surface area contributed by atoms with Crippen molar-refractivity contribution in [1.29, 1.82) is 0 Å². The molecular formula is C12H19NO. The zero-order valence-corrected chi connectivity index (χ0v) is 8.91. The molecular weight excluding hydrogens is 174 g/mol. The van der Waals surface area contributed by atoms with Crippen molar-refractivity contribution in [2.24, 2.45) is 0 Å². The Morgan fingerprint density at radius 3 is 2.93 bits per heavy atom. The van der Waals surface area contributed by atoms with Crippen molar-refractivity contribution in [3.05, 3.63) is 24.3 Å². The molecule has 1 rings (SSSR count). The maximum atomic E-state index is 11.1. The first-order valence-corrected chi connectivity index (χ1v) is 5.45. The fourth-order valence-electron chi connectivity index (χ4n) is 1.47. The summed E-state index contributed by atoms with van der Waals surface area (Å²) in [5.41, 5.74) is 0. The van der Waals surface area contributed by atoms with Gasteiger partial charge in [-0.05, 0) is 12.8 Å². The minimum absolute atomic E-state index is 0.142. The third kappa shape index (κ3) is 3.77. The van der Waals surface area contributed by atoms with Gasteiger partial charge in [-0.1, -0.05) is 38.0 Å². The highest BCUT2D eigenvalue weighted by molar-refractivity contribution is 5.90. The van der Waals surface area contributed by atoms with Crippen molar-refractivity contribution in [1.82, 2.24) is 4.90 Å². The highest BCUT2D eigenvalue weighted by Gasteiger charge is 2.11. The van der Waals surface area contributed by atoms with E-state index >= 15 is 0 Å². The van der Waals surface area contributed by atoms with Crippen LogP contribution in [0.3, 0.4) is 0 Å². The van der Waals surface area contributed by atoms with Gasteiger partial charge in [0.2, 0.25) is 5.91 Å². The number of carbonyl (C=O) groups is 1. The lowest BCUT2D eigenvalue weighted by Crippen LogP contribution is -2.25. The molecule has 0 bridgehead atoms. The van der Waals surface area contributed by atoms with Crippen LogP contribution in [0.1, 0.15) is 32.6 Å². The van der Waals surface area contributed by atoms with Crippen molar-refractivity contribution in [2.75, 3.05) is 13.1 Å². The van der Waals surface area contributed by atoms with Gasteiger partial charge < -0.3 is 4.90 Å². The Morgan fingerprint density at radius 2 is 2.29 bits per heavy atom. The van der Waals surface area contributed by atoms with Gasteiger partial charge in [0, 0.05) is 19.2 Å². The van der Waals surface area contributed by atoms with Crippen LogP contribution in [0.15, 0.2) is 24.3 Å². The Morgan fingerprint density at radius 1 is 1.43 bits per heavy atom. The van der Waals surface area contributed by atoms with E-state index < -0.39 is 0 Å². The third-order valence-corrected chi connectivity index (χ3v) is 2.36. The highest BCUT2D eigenvalue weighted by Crippen LogP contribution is 2.02. The minimum atomic E-state index is 0.142. The monoisotopic (exact) mass is 193 g/mol. The lowest BCUT2D eigenvalue weighted by molar-refractivity contribution is -0.124. The zero-order chi connectivity index (χ0) is 10.2. The topological polar surface area (TPSA) is 20.3 Å². The Bertz CT molecular complexity index is 230. The molecule has 1 aliphatic rings. The van der Waals surface area contributed by atoms with Gasteiger partial charge in [0.25, 0.3) is 0 Å². The molecule has 0 N–H and O–H groups in total. The van der Waals surface area contributed by atoms with Gasteiger partial charge >= 0.3 is 0 Å². The Balaban J connectivity index is 2.05. The van der Waals surface area contributed by atoms with Crippen molar-refractivity contribution >= 4 is 5.91 Å². The summed E-state index contributed by atoms with van der Waals surface area (Å²) in [5, 5.41) is 0. The molecule has 1 amide bonds. The molecule has 0 saturated carbocycles. The largest absolute Gasteiger partial charge is 0.332 e. The molecule has 78 valence electrons. The lowest BCUT2D eigenvalue weighted by Gasteiger charge is -2.11. The SMILES string of the molecule is CCCCCC=CCN1CC=CC1=O. The number of carbonyl (C=O) groups excluding carboxylic acids is 1. The van der Waals surface area contributed by atoms with E-state index in [9.17, 15) is 4.79 Å². The molecule has 0 fully saturated rings. The smallest absolute Gasteiger partial charge is 0.246 e. The van der Waals surface area contributed by atoms with Gasteiger partial charge in [-0.15, -0.1) is 0 Å². The summed E-state index contributed by atoms with van der Waals surface area (Å²) in [6.07, 6.45) is 12.8. The summed E-state index contributed by atoms with van der Waals surface area (Å²) in [7, 11) is 0. The summed E-state index contributed by atoms with van der Waals surface area (Å²) in [6, 6.07) is 0. The van der Waals surface area contributed by atoms with E-state index in [4.69, 9.17) is 0 Å². The van der Waals surface area contributed by atoms with E-state index in [0.717, 1.165) is 19.5 Å². The molecule has 0 radical (unpaired) electrons. The summed E-state index contributed by atoms with van der Waals surface area (Å²) < 4.78 is 0. The predicted octanol–water partition coefficient (Wildman–Crippen LogP) is 2.52. The molecule has 2 nitrogen and oxygen atoms in total. The maximum absolute atomic E-state index is 11.1. The van der Waals surface area contributed by atoms with Crippen LogP contribution in [-0.2, 0) is 4.79 Å². The fraction of sp³-hybridized carbons (Fsp3) is 0.583. The second-order valence-electron chi connectivity index (χ2n) is 3.61. The first kappa shape index (κ1) is 11.0. The molecule has 1 aliphatic heterocycles. The number of rotatable bonds is 6.